The number of hydrogen-bond acceptors (Lipinski definition) is 6. The minimum absolute atomic E-state index is 0.225. The van der Waals surface area contributed by atoms with E-state index in [0.29, 0.717) is 12.2 Å². The van der Waals surface area contributed by atoms with Gasteiger partial charge in [0.1, 0.15) is 5.82 Å². The van der Waals surface area contributed by atoms with E-state index in [4.69, 9.17) is 17.3 Å². The number of nitrogens with zero attached hydrogens (tertiary/aromatic N) is 4. The van der Waals surface area contributed by atoms with Gasteiger partial charge in [-0.2, -0.15) is 15.1 Å². The molecule has 0 aromatic carbocycles. The fourth-order valence-corrected chi connectivity index (χ4v) is 3.01. The van der Waals surface area contributed by atoms with E-state index in [0.717, 1.165) is 20.4 Å². The molecule has 3 aromatic heterocycles. The topological polar surface area (TPSA) is 83.7 Å². The third kappa shape index (κ3) is 2.34. The smallest absolute Gasteiger partial charge is 0.224 e. The van der Waals surface area contributed by atoms with Crippen LogP contribution in [-0.2, 0) is 6.54 Å². The lowest BCUT2D eigenvalue weighted by Gasteiger charge is -2.17. The predicted octanol–water partition coefficient (Wildman–Crippen LogP) is 2.29. The van der Waals surface area contributed by atoms with Gasteiger partial charge in [0.2, 0.25) is 5.95 Å². The summed E-state index contributed by atoms with van der Waals surface area (Å²) in [6.07, 6.45) is 1.70. The van der Waals surface area contributed by atoms with Crippen molar-refractivity contribution >= 4 is 45.7 Å². The van der Waals surface area contributed by atoms with Crippen LogP contribution in [0.5, 0.6) is 0 Å². The fraction of sp³-hybridized carbons (Fsp3) is 0.182. The second kappa shape index (κ2) is 4.67. The summed E-state index contributed by atoms with van der Waals surface area (Å²) in [5, 5.41) is 7.61. The van der Waals surface area contributed by atoms with E-state index < -0.39 is 0 Å². The van der Waals surface area contributed by atoms with Crippen molar-refractivity contribution in [3.63, 3.8) is 0 Å². The number of anilines is 2. The van der Waals surface area contributed by atoms with Gasteiger partial charge >= 0.3 is 0 Å². The molecule has 0 bridgehead atoms. The van der Waals surface area contributed by atoms with Crippen LogP contribution in [0.3, 0.4) is 0 Å². The van der Waals surface area contributed by atoms with Crippen LogP contribution < -0.4 is 10.6 Å². The highest BCUT2D eigenvalue weighted by Crippen LogP contribution is 2.26. The molecule has 0 saturated heterocycles. The van der Waals surface area contributed by atoms with E-state index in [9.17, 15) is 0 Å². The molecule has 0 aliphatic heterocycles. The number of rotatable bonds is 3. The van der Waals surface area contributed by atoms with E-state index in [1.807, 2.05) is 24.1 Å². The third-order valence-electron chi connectivity index (χ3n) is 2.69. The molecule has 3 N–H and O–H groups in total. The number of nitrogen functional groups attached to an aromatic ring is 1. The molecule has 8 heteroatoms. The number of halogens is 1. The molecule has 0 atom stereocenters. The molecule has 3 rings (SSSR count). The molecule has 98 valence electrons. The minimum Gasteiger partial charge on any atom is -0.368 e. The maximum absolute atomic E-state index is 5.93. The standard InChI is InChI=1S/C11H11ClN6S/c1-18(5-6-2-3-8(12)19-6)10-7-4-14-17-9(7)15-11(13)16-10/h2-4H,5H2,1H3,(H3,13,14,15,16,17). The van der Waals surface area contributed by atoms with E-state index in [2.05, 4.69) is 20.2 Å². The Bertz CT molecular complexity index is 721. The van der Waals surface area contributed by atoms with Gasteiger partial charge in [0.25, 0.3) is 0 Å². The molecule has 19 heavy (non-hydrogen) atoms. The first-order chi connectivity index (χ1) is 9.13. The van der Waals surface area contributed by atoms with Crippen LogP contribution in [0.2, 0.25) is 4.34 Å². The maximum atomic E-state index is 5.93. The number of hydrogen-bond donors (Lipinski definition) is 2. The molecule has 3 heterocycles. The van der Waals surface area contributed by atoms with Crippen LogP contribution in [0, 0.1) is 0 Å². The number of H-pyrrole nitrogens is 1. The monoisotopic (exact) mass is 294 g/mol. The summed E-state index contributed by atoms with van der Waals surface area (Å²) in [5.41, 5.74) is 6.34. The Labute approximate surface area is 118 Å². The van der Waals surface area contributed by atoms with Crippen LogP contribution >= 0.6 is 22.9 Å². The molecule has 6 nitrogen and oxygen atoms in total. The number of nitrogens with one attached hydrogen (secondary N) is 1. The normalized spacial score (nSPS) is 11.1. The lowest BCUT2D eigenvalue weighted by Crippen LogP contribution is -2.18. The molecule has 0 aliphatic carbocycles. The highest BCUT2D eigenvalue weighted by Gasteiger charge is 2.13. The maximum Gasteiger partial charge on any atom is 0.224 e. The molecule has 3 aromatic rings. The van der Waals surface area contributed by atoms with Crippen LogP contribution in [0.4, 0.5) is 11.8 Å². The van der Waals surface area contributed by atoms with Crippen LogP contribution in [0.1, 0.15) is 4.88 Å². The van der Waals surface area contributed by atoms with Crippen molar-refractivity contribution in [2.45, 2.75) is 6.54 Å². The molecule has 0 fully saturated rings. The quantitative estimate of drug-likeness (QED) is 0.774. The summed E-state index contributed by atoms with van der Waals surface area (Å²) in [6.45, 7) is 0.702. The Hall–Kier alpha value is -1.86. The molecule has 0 unspecified atom stereocenters. The summed E-state index contributed by atoms with van der Waals surface area (Å²) < 4.78 is 0.777. The van der Waals surface area contributed by atoms with Crippen LogP contribution in [0.15, 0.2) is 18.3 Å². The zero-order valence-electron chi connectivity index (χ0n) is 10.1. The molecule has 0 amide bonds. The first-order valence-electron chi connectivity index (χ1n) is 5.55. The lowest BCUT2D eigenvalue weighted by atomic mass is 10.3. The first-order valence-corrected chi connectivity index (χ1v) is 6.75. The number of aromatic amines is 1. The Morgan fingerprint density at radius 1 is 1.42 bits per heavy atom. The largest absolute Gasteiger partial charge is 0.368 e. The average molecular weight is 295 g/mol. The highest BCUT2D eigenvalue weighted by atomic mass is 35.5. The summed E-state index contributed by atoms with van der Waals surface area (Å²) in [6, 6.07) is 3.89. The number of aromatic nitrogens is 4. The van der Waals surface area contributed by atoms with E-state index in [1.165, 1.54) is 0 Å². The number of nitrogens with two attached hydrogens (primary N) is 1. The average Bonchev–Trinajstić information content (AvgIpc) is 2.96. The van der Waals surface area contributed by atoms with Gasteiger partial charge in [-0.15, -0.1) is 11.3 Å². The van der Waals surface area contributed by atoms with Crippen LogP contribution in [-0.4, -0.2) is 27.2 Å². The van der Waals surface area contributed by atoms with Crippen molar-refractivity contribution in [3.8, 4) is 0 Å². The molecular weight excluding hydrogens is 284 g/mol. The van der Waals surface area contributed by atoms with Gasteiger partial charge in [-0.1, -0.05) is 11.6 Å². The zero-order valence-corrected chi connectivity index (χ0v) is 11.7. The third-order valence-corrected chi connectivity index (χ3v) is 3.91. The van der Waals surface area contributed by atoms with Crippen molar-refractivity contribution in [2.24, 2.45) is 0 Å². The minimum atomic E-state index is 0.225. The van der Waals surface area contributed by atoms with Crippen LogP contribution in [0.25, 0.3) is 11.0 Å². The SMILES string of the molecule is CN(Cc1ccc(Cl)s1)c1nc(N)nc2[nH]ncc12. The van der Waals surface area contributed by atoms with Gasteiger partial charge in [-0.3, -0.25) is 5.10 Å². The van der Waals surface area contributed by atoms with Gasteiger partial charge < -0.3 is 10.6 Å². The van der Waals surface area contributed by atoms with Crippen molar-refractivity contribution in [2.75, 3.05) is 17.7 Å². The first kappa shape index (κ1) is 12.2. The summed E-state index contributed by atoms with van der Waals surface area (Å²) in [4.78, 5) is 11.5. The Morgan fingerprint density at radius 2 is 2.26 bits per heavy atom. The summed E-state index contributed by atoms with van der Waals surface area (Å²) in [7, 11) is 1.95. The molecular formula is C11H11ClN6S. The van der Waals surface area contributed by atoms with Crippen molar-refractivity contribution < 1.29 is 0 Å². The van der Waals surface area contributed by atoms with E-state index in [-0.39, 0.29) is 5.95 Å². The van der Waals surface area contributed by atoms with E-state index >= 15 is 0 Å². The molecule has 0 aliphatic rings. The molecule has 0 saturated carbocycles. The highest BCUT2D eigenvalue weighted by molar-refractivity contribution is 7.16. The van der Waals surface area contributed by atoms with E-state index in [1.54, 1.807) is 17.5 Å². The Morgan fingerprint density at radius 3 is 3.00 bits per heavy atom. The van der Waals surface area contributed by atoms with Gasteiger partial charge in [-0.05, 0) is 12.1 Å². The van der Waals surface area contributed by atoms with Gasteiger partial charge in [0.15, 0.2) is 5.65 Å². The number of fused-ring (bicyclic) bond motifs is 1. The summed E-state index contributed by atoms with van der Waals surface area (Å²) >= 11 is 7.48. The second-order valence-corrected chi connectivity index (χ2v) is 5.90. The van der Waals surface area contributed by atoms with Crippen molar-refractivity contribution in [1.29, 1.82) is 0 Å². The summed E-state index contributed by atoms with van der Waals surface area (Å²) in [5.74, 6) is 0.976. The van der Waals surface area contributed by atoms with Gasteiger partial charge in [-0.25, -0.2) is 0 Å². The predicted molar refractivity (Wildman–Crippen MR) is 77.5 cm³/mol. The van der Waals surface area contributed by atoms with Gasteiger partial charge in [0, 0.05) is 11.9 Å². The fourth-order valence-electron chi connectivity index (χ4n) is 1.87. The van der Waals surface area contributed by atoms with Gasteiger partial charge in [0.05, 0.1) is 22.5 Å². The Kier molecular flexibility index (Phi) is 3.00. The number of thiophene rings is 1. The van der Waals surface area contributed by atoms with Crippen molar-refractivity contribution in [3.05, 3.63) is 27.5 Å². The lowest BCUT2D eigenvalue weighted by molar-refractivity contribution is 0.917. The molecule has 0 radical (unpaired) electrons. The Balaban J connectivity index is 1.96. The molecule has 0 spiro atoms. The van der Waals surface area contributed by atoms with Crippen molar-refractivity contribution in [1.82, 2.24) is 20.2 Å². The second-order valence-electron chi connectivity index (χ2n) is 4.10. The zero-order chi connectivity index (χ0) is 13.4.